The number of hydrogen-bond donors (Lipinski definition) is 1. The second kappa shape index (κ2) is 5.59. The zero-order chi connectivity index (χ0) is 18.6. The number of benzene rings is 2. The lowest BCUT2D eigenvalue weighted by atomic mass is 10.0. The first-order chi connectivity index (χ1) is 12.3. The molecular weight excluding hydrogens is 332 g/mol. The van der Waals surface area contributed by atoms with Crippen LogP contribution in [0.25, 0.3) is 33.3 Å². The molecule has 0 fully saturated rings. The summed E-state index contributed by atoms with van der Waals surface area (Å²) < 4.78 is 11.2. The maximum absolute atomic E-state index is 12.0. The predicted octanol–water partition coefficient (Wildman–Crippen LogP) is 4.73. The minimum atomic E-state index is -0.467. The molecule has 2 heterocycles. The van der Waals surface area contributed by atoms with E-state index >= 15 is 0 Å². The van der Waals surface area contributed by atoms with Crippen molar-refractivity contribution in [2.45, 2.75) is 20.8 Å². The molecule has 26 heavy (non-hydrogen) atoms. The van der Waals surface area contributed by atoms with E-state index in [1.165, 1.54) is 19.1 Å². The lowest BCUT2D eigenvalue weighted by Crippen LogP contribution is -1.98. The second-order valence-electron chi connectivity index (χ2n) is 6.46. The SMILES string of the molecule is CC(=O)c1cc2c(C)c(-c3cc(=O)oc4cc(C)ccc34)oc2cc1O. The maximum Gasteiger partial charge on any atom is 0.336 e. The topological polar surface area (TPSA) is 80.7 Å². The van der Waals surface area contributed by atoms with Gasteiger partial charge in [0.2, 0.25) is 0 Å². The van der Waals surface area contributed by atoms with E-state index in [2.05, 4.69) is 0 Å². The van der Waals surface area contributed by atoms with Crippen molar-refractivity contribution in [2.24, 2.45) is 0 Å². The summed E-state index contributed by atoms with van der Waals surface area (Å²) in [4.78, 5) is 23.7. The van der Waals surface area contributed by atoms with Gasteiger partial charge in [0.15, 0.2) is 5.78 Å². The summed E-state index contributed by atoms with van der Waals surface area (Å²) in [7, 11) is 0. The summed E-state index contributed by atoms with van der Waals surface area (Å²) in [5, 5.41) is 11.5. The van der Waals surface area contributed by atoms with Crippen molar-refractivity contribution in [1.29, 1.82) is 0 Å². The second-order valence-corrected chi connectivity index (χ2v) is 6.46. The standard InChI is InChI=1S/C21H16O5/c1-10-4-5-13-16(8-20(24)25-18(13)6-10)21-11(2)14-7-15(12(3)22)17(23)9-19(14)26-21/h4-9,23H,1-3H3. The molecule has 0 unspecified atom stereocenters. The third kappa shape index (κ3) is 2.40. The fraction of sp³-hybridized carbons (Fsp3) is 0.143. The molecule has 0 aliphatic carbocycles. The molecule has 0 saturated carbocycles. The summed E-state index contributed by atoms with van der Waals surface area (Å²) in [6.45, 7) is 5.18. The highest BCUT2D eigenvalue weighted by Crippen LogP contribution is 2.38. The molecule has 5 nitrogen and oxygen atoms in total. The number of carbonyl (C=O) groups is 1. The van der Waals surface area contributed by atoms with Gasteiger partial charge in [-0.05, 0) is 38.5 Å². The molecular formula is C21H16O5. The van der Waals surface area contributed by atoms with E-state index in [-0.39, 0.29) is 17.1 Å². The van der Waals surface area contributed by atoms with Gasteiger partial charge in [-0.1, -0.05) is 12.1 Å². The molecule has 0 saturated heterocycles. The summed E-state index contributed by atoms with van der Waals surface area (Å²) >= 11 is 0. The van der Waals surface area contributed by atoms with Crippen molar-refractivity contribution in [2.75, 3.05) is 0 Å². The van der Waals surface area contributed by atoms with E-state index in [1.807, 2.05) is 26.0 Å². The van der Waals surface area contributed by atoms with Crippen LogP contribution in [0.1, 0.15) is 28.4 Å². The molecule has 1 N–H and O–H groups in total. The van der Waals surface area contributed by atoms with Gasteiger partial charge >= 0.3 is 5.63 Å². The Morgan fingerprint density at radius 3 is 2.42 bits per heavy atom. The molecule has 0 atom stereocenters. The highest BCUT2D eigenvalue weighted by atomic mass is 16.4. The van der Waals surface area contributed by atoms with Crippen LogP contribution in [0, 0.1) is 13.8 Å². The quantitative estimate of drug-likeness (QED) is 0.418. The predicted molar refractivity (Wildman–Crippen MR) is 98.8 cm³/mol. The van der Waals surface area contributed by atoms with Crippen LogP contribution >= 0.6 is 0 Å². The Kier molecular flexibility index (Phi) is 3.47. The van der Waals surface area contributed by atoms with Crippen molar-refractivity contribution >= 4 is 27.7 Å². The van der Waals surface area contributed by atoms with Gasteiger partial charge in [-0.25, -0.2) is 4.79 Å². The van der Waals surface area contributed by atoms with Gasteiger partial charge in [-0.3, -0.25) is 4.79 Å². The van der Waals surface area contributed by atoms with Crippen LogP contribution in [-0.2, 0) is 0 Å². The van der Waals surface area contributed by atoms with Crippen molar-refractivity contribution in [1.82, 2.24) is 0 Å². The van der Waals surface area contributed by atoms with Gasteiger partial charge in [0, 0.05) is 34.0 Å². The number of phenols is 1. The molecule has 0 bridgehead atoms. The Labute approximate surface area is 148 Å². The van der Waals surface area contributed by atoms with Gasteiger partial charge in [-0.15, -0.1) is 0 Å². The van der Waals surface area contributed by atoms with Crippen LogP contribution in [0.15, 0.2) is 50.0 Å². The number of fused-ring (bicyclic) bond motifs is 2. The largest absolute Gasteiger partial charge is 0.507 e. The third-order valence-corrected chi connectivity index (χ3v) is 4.58. The number of furan rings is 1. The normalized spacial score (nSPS) is 11.3. The first-order valence-corrected chi connectivity index (χ1v) is 8.17. The van der Waals surface area contributed by atoms with E-state index in [4.69, 9.17) is 8.83 Å². The molecule has 2 aromatic heterocycles. The Morgan fingerprint density at radius 2 is 1.69 bits per heavy atom. The molecule has 130 valence electrons. The minimum absolute atomic E-state index is 0.127. The molecule has 5 heteroatoms. The minimum Gasteiger partial charge on any atom is -0.507 e. The summed E-state index contributed by atoms with van der Waals surface area (Å²) in [5.41, 5.74) is 3.10. The fourth-order valence-corrected chi connectivity index (χ4v) is 3.25. The Morgan fingerprint density at radius 1 is 0.962 bits per heavy atom. The first-order valence-electron chi connectivity index (χ1n) is 8.17. The smallest absolute Gasteiger partial charge is 0.336 e. The van der Waals surface area contributed by atoms with Crippen LogP contribution < -0.4 is 5.63 Å². The molecule has 0 amide bonds. The van der Waals surface area contributed by atoms with Crippen LogP contribution in [0.5, 0.6) is 5.75 Å². The monoisotopic (exact) mass is 348 g/mol. The van der Waals surface area contributed by atoms with E-state index < -0.39 is 5.63 Å². The Bertz CT molecular complexity index is 1260. The maximum atomic E-state index is 12.0. The average molecular weight is 348 g/mol. The van der Waals surface area contributed by atoms with Crippen LogP contribution in [0.3, 0.4) is 0 Å². The van der Waals surface area contributed by atoms with E-state index in [9.17, 15) is 14.7 Å². The molecule has 0 spiro atoms. The molecule has 2 aromatic carbocycles. The molecule has 0 aliphatic heterocycles. The highest BCUT2D eigenvalue weighted by molar-refractivity contribution is 6.03. The summed E-state index contributed by atoms with van der Waals surface area (Å²) in [6, 6.07) is 10.1. The summed E-state index contributed by atoms with van der Waals surface area (Å²) in [5.74, 6) is 0.160. The molecule has 4 rings (SSSR count). The van der Waals surface area contributed by atoms with Crippen molar-refractivity contribution in [3.8, 4) is 17.1 Å². The zero-order valence-electron chi connectivity index (χ0n) is 14.5. The van der Waals surface area contributed by atoms with Crippen LogP contribution in [0.2, 0.25) is 0 Å². The van der Waals surface area contributed by atoms with Crippen LogP contribution in [0.4, 0.5) is 0 Å². The van der Waals surface area contributed by atoms with Crippen LogP contribution in [-0.4, -0.2) is 10.9 Å². The first kappa shape index (κ1) is 16.1. The van der Waals surface area contributed by atoms with Crippen molar-refractivity contribution < 1.29 is 18.7 Å². The molecule has 4 aromatic rings. The molecule has 0 radical (unpaired) electrons. The number of ketones is 1. The number of aromatic hydroxyl groups is 1. The highest BCUT2D eigenvalue weighted by Gasteiger charge is 2.19. The number of hydrogen-bond acceptors (Lipinski definition) is 5. The zero-order valence-corrected chi connectivity index (χ0v) is 14.5. The van der Waals surface area contributed by atoms with Gasteiger partial charge < -0.3 is 13.9 Å². The summed E-state index contributed by atoms with van der Waals surface area (Å²) in [6.07, 6.45) is 0. The van der Waals surface area contributed by atoms with Crippen molar-refractivity contribution in [3.63, 3.8) is 0 Å². The lowest BCUT2D eigenvalue weighted by molar-refractivity contribution is 0.101. The Hall–Kier alpha value is -3.34. The van der Waals surface area contributed by atoms with Gasteiger partial charge in [0.25, 0.3) is 0 Å². The number of carbonyl (C=O) groups excluding carboxylic acids is 1. The van der Waals surface area contributed by atoms with Gasteiger partial charge in [0.05, 0.1) is 5.56 Å². The average Bonchev–Trinajstić information content (AvgIpc) is 2.88. The van der Waals surface area contributed by atoms with E-state index in [1.54, 1.807) is 12.1 Å². The van der Waals surface area contributed by atoms with E-state index in [0.29, 0.717) is 22.5 Å². The van der Waals surface area contributed by atoms with Gasteiger partial charge in [0.1, 0.15) is 22.7 Å². The van der Waals surface area contributed by atoms with Gasteiger partial charge in [-0.2, -0.15) is 0 Å². The third-order valence-electron chi connectivity index (χ3n) is 4.58. The fourth-order valence-electron chi connectivity index (χ4n) is 3.25. The van der Waals surface area contributed by atoms with Crippen molar-refractivity contribution in [3.05, 3.63) is 63.5 Å². The lowest BCUT2D eigenvalue weighted by Gasteiger charge is -2.04. The number of phenolic OH excluding ortho intramolecular Hbond substituents is 1. The number of rotatable bonds is 2. The number of aryl methyl sites for hydroxylation is 2. The Balaban J connectivity index is 2.07. The van der Waals surface area contributed by atoms with E-state index in [0.717, 1.165) is 21.9 Å². The molecule has 0 aliphatic rings. The number of Topliss-reactive ketones (excluding diaryl/α,β-unsaturated/α-hetero) is 1.